The fraction of sp³-hybridized carbons (Fsp3) is 0.312. The van der Waals surface area contributed by atoms with Gasteiger partial charge in [0, 0.05) is 25.9 Å². The van der Waals surface area contributed by atoms with E-state index in [1.807, 2.05) is 30.3 Å². The second-order valence-electron chi connectivity index (χ2n) is 4.74. The van der Waals surface area contributed by atoms with E-state index in [0.717, 1.165) is 11.8 Å². The van der Waals surface area contributed by atoms with Gasteiger partial charge in [-0.2, -0.15) is 0 Å². The Balaban J connectivity index is 1.83. The zero-order chi connectivity index (χ0) is 15.8. The summed E-state index contributed by atoms with van der Waals surface area (Å²) in [7, 11) is 1.80. The number of esters is 1. The van der Waals surface area contributed by atoms with Gasteiger partial charge in [-0.1, -0.05) is 30.3 Å². The lowest BCUT2D eigenvalue weighted by Crippen LogP contribution is -2.18. The molecule has 0 aliphatic rings. The minimum atomic E-state index is -0.554. The molecule has 2 rings (SSSR count). The van der Waals surface area contributed by atoms with Crippen LogP contribution in [-0.2, 0) is 32.7 Å². The van der Waals surface area contributed by atoms with Crippen molar-refractivity contribution in [3.63, 3.8) is 0 Å². The van der Waals surface area contributed by atoms with Crippen molar-refractivity contribution >= 4 is 12.3 Å². The highest BCUT2D eigenvalue weighted by atomic mass is 16.6. The van der Waals surface area contributed by atoms with Gasteiger partial charge in [0.05, 0.1) is 0 Å². The van der Waals surface area contributed by atoms with Gasteiger partial charge in [0.2, 0.25) is 0 Å². The predicted molar refractivity (Wildman–Crippen MR) is 78.8 cm³/mol. The summed E-state index contributed by atoms with van der Waals surface area (Å²) in [5.74, 6) is 0.122. The summed E-state index contributed by atoms with van der Waals surface area (Å²) in [6.45, 7) is -0.0258. The summed E-state index contributed by atoms with van der Waals surface area (Å²) in [5, 5.41) is 0. The molecule has 116 valence electrons. The van der Waals surface area contributed by atoms with E-state index < -0.39 is 12.1 Å². The Labute approximate surface area is 128 Å². The highest BCUT2D eigenvalue weighted by molar-refractivity contribution is 5.70. The average Bonchev–Trinajstić information content (AvgIpc) is 2.96. The van der Waals surface area contributed by atoms with Crippen LogP contribution < -0.4 is 0 Å². The van der Waals surface area contributed by atoms with E-state index in [9.17, 15) is 9.59 Å². The number of hydrogen-bond donors (Lipinski definition) is 0. The van der Waals surface area contributed by atoms with Crippen molar-refractivity contribution in [2.45, 2.75) is 19.1 Å². The van der Waals surface area contributed by atoms with Gasteiger partial charge in [-0.3, -0.25) is 0 Å². The molecule has 0 saturated carbocycles. The number of benzene rings is 1. The zero-order valence-electron chi connectivity index (χ0n) is 12.3. The maximum atomic E-state index is 11.7. The first-order valence-corrected chi connectivity index (χ1v) is 6.92. The number of nitrogens with zero attached hydrogens (tertiary/aromatic N) is 2. The first-order chi connectivity index (χ1) is 10.7. The summed E-state index contributed by atoms with van der Waals surface area (Å²) in [6, 6.07) is 9.39. The summed E-state index contributed by atoms with van der Waals surface area (Å²) in [6.07, 6.45) is 3.70. The SMILES string of the molecule is Cn1ccnc1C(CC=O)OCC(=O)OCc1ccccc1. The van der Waals surface area contributed by atoms with Gasteiger partial charge in [-0.15, -0.1) is 0 Å². The monoisotopic (exact) mass is 302 g/mol. The van der Waals surface area contributed by atoms with Crippen LogP contribution in [0.5, 0.6) is 0 Å². The van der Waals surface area contributed by atoms with Crippen LogP contribution in [0.2, 0.25) is 0 Å². The highest BCUT2D eigenvalue weighted by Crippen LogP contribution is 2.17. The molecule has 0 saturated heterocycles. The molecule has 1 heterocycles. The Kier molecular flexibility index (Phi) is 5.85. The first kappa shape index (κ1) is 15.9. The quantitative estimate of drug-likeness (QED) is 0.549. The first-order valence-electron chi connectivity index (χ1n) is 6.92. The van der Waals surface area contributed by atoms with Crippen LogP contribution in [0.25, 0.3) is 0 Å². The summed E-state index contributed by atoms with van der Waals surface area (Å²) < 4.78 is 12.3. The molecule has 1 unspecified atom stereocenters. The minimum Gasteiger partial charge on any atom is -0.459 e. The number of hydrogen-bond acceptors (Lipinski definition) is 5. The highest BCUT2D eigenvalue weighted by Gasteiger charge is 2.18. The molecular formula is C16H18N2O4. The smallest absolute Gasteiger partial charge is 0.332 e. The summed E-state index contributed by atoms with van der Waals surface area (Å²) in [5.41, 5.74) is 0.907. The molecule has 0 aliphatic heterocycles. The maximum absolute atomic E-state index is 11.7. The topological polar surface area (TPSA) is 70.4 Å². The zero-order valence-corrected chi connectivity index (χ0v) is 12.3. The summed E-state index contributed by atoms with van der Waals surface area (Å²) in [4.78, 5) is 26.6. The second-order valence-corrected chi connectivity index (χ2v) is 4.74. The molecule has 1 atom stereocenters. The number of aldehydes is 1. The minimum absolute atomic E-state index is 0.136. The number of imidazole rings is 1. The number of aryl methyl sites for hydroxylation is 1. The fourth-order valence-electron chi connectivity index (χ4n) is 1.97. The van der Waals surface area contributed by atoms with E-state index in [0.29, 0.717) is 5.82 Å². The molecule has 6 nitrogen and oxygen atoms in total. The van der Waals surface area contributed by atoms with Crippen molar-refractivity contribution in [1.29, 1.82) is 0 Å². The van der Waals surface area contributed by atoms with Crippen molar-refractivity contribution < 1.29 is 19.1 Å². The van der Waals surface area contributed by atoms with Crippen molar-refractivity contribution in [3.8, 4) is 0 Å². The molecule has 0 radical (unpaired) electrons. The van der Waals surface area contributed by atoms with Crippen molar-refractivity contribution in [2.75, 3.05) is 6.61 Å². The van der Waals surface area contributed by atoms with Crippen LogP contribution in [0.3, 0.4) is 0 Å². The molecule has 0 fully saturated rings. The lowest BCUT2D eigenvalue weighted by atomic mass is 10.2. The van der Waals surface area contributed by atoms with Gasteiger partial charge in [-0.25, -0.2) is 9.78 Å². The molecule has 0 bridgehead atoms. The van der Waals surface area contributed by atoms with Gasteiger partial charge in [0.15, 0.2) is 0 Å². The van der Waals surface area contributed by atoms with E-state index in [4.69, 9.17) is 9.47 Å². The molecule has 1 aromatic carbocycles. The van der Waals surface area contributed by atoms with Crippen LogP contribution in [0, 0.1) is 0 Å². The third-order valence-corrected chi connectivity index (χ3v) is 3.10. The van der Waals surface area contributed by atoms with Crippen LogP contribution >= 0.6 is 0 Å². The van der Waals surface area contributed by atoms with E-state index in [1.165, 1.54) is 0 Å². The van der Waals surface area contributed by atoms with Gasteiger partial charge in [0.1, 0.15) is 31.4 Å². The third kappa shape index (κ3) is 4.53. The number of ether oxygens (including phenoxy) is 2. The standard InChI is InChI=1S/C16H18N2O4/c1-18-9-8-17-16(18)14(7-10-19)21-12-15(20)22-11-13-5-3-2-4-6-13/h2-6,8-10,14H,7,11-12H2,1H3. The Morgan fingerprint density at radius 3 is 2.77 bits per heavy atom. The maximum Gasteiger partial charge on any atom is 0.332 e. The largest absolute Gasteiger partial charge is 0.459 e. The predicted octanol–water partition coefficient (Wildman–Crippen LogP) is 1.81. The molecule has 0 spiro atoms. The van der Waals surface area contributed by atoms with Crippen LogP contribution in [-0.4, -0.2) is 28.4 Å². The number of aromatic nitrogens is 2. The van der Waals surface area contributed by atoms with Crippen LogP contribution in [0.4, 0.5) is 0 Å². The van der Waals surface area contributed by atoms with E-state index in [1.54, 1.807) is 24.0 Å². The van der Waals surface area contributed by atoms with Gasteiger partial charge in [0.25, 0.3) is 0 Å². The molecule has 22 heavy (non-hydrogen) atoms. The molecule has 6 heteroatoms. The lowest BCUT2D eigenvalue weighted by molar-refractivity contribution is -0.153. The van der Waals surface area contributed by atoms with Crippen LogP contribution in [0.1, 0.15) is 23.9 Å². The Bertz CT molecular complexity index is 610. The van der Waals surface area contributed by atoms with E-state index in [2.05, 4.69) is 4.98 Å². The molecule has 0 aliphatic carbocycles. The van der Waals surface area contributed by atoms with Crippen molar-refractivity contribution in [1.82, 2.24) is 9.55 Å². The molecular weight excluding hydrogens is 284 g/mol. The Morgan fingerprint density at radius 1 is 1.36 bits per heavy atom. The number of rotatable bonds is 8. The van der Waals surface area contributed by atoms with Gasteiger partial charge in [-0.05, 0) is 5.56 Å². The third-order valence-electron chi connectivity index (χ3n) is 3.10. The van der Waals surface area contributed by atoms with Crippen molar-refractivity contribution in [2.24, 2.45) is 7.05 Å². The second kappa shape index (κ2) is 8.09. The molecule has 0 N–H and O–H groups in total. The lowest BCUT2D eigenvalue weighted by Gasteiger charge is -2.15. The fourth-order valence-corrected chi connectivity index (χ4v) is 1.97. The van der Waals surface area contributed by atoms with Gasteiger partial charge >= 0.3 is 5.97 Å². The normalized spacial score (nSPS) is 11.9. The number of carbonyl (C=O) groups excluding carboxylic acids is 2. The Morgan fingerprint density at radius 2 is 2.14 bits per heavy atom. The molecule has 1 aromatic heterocycles. The number of carbonyl (C=O) groups is 2. The van der Waals surface area contributed by atoms with E-state index >= 15 is 0 Å². The Hall–Kier alpha value is -2.47. The molecule has 0 amide bonds. The van der Waals surface area contributed by atoms with Crippen LogP contribution in [0.15, 0.2) is 42.7 Å². The summed E-state index contributed by atoms with van der Waals surface area (Å²) >= 11 is 0. The van der Waals surface area contributed by atoms with Crippen molar-refractivity contribution in [3.05, 3.63) is 54.1 Å². The average molecular weight is 302 g/mol. The van der Waals surface area contributed by atoms with E-state index in [-0.39, 0.29) is 19.6 Å². The van der Waals surface area contributed by atoms with Gasteiger partial charge < -0.3 is 18.8 Å². The molecule has 2 aromatic rings.